The predicted molar refractivity (Wildman–Crippen MR) is 89.2 cm³/mol. The largest absolute Gasteiger partial charge is 0.469 e. The number of ether oxygens (including phenoxy) is 3. The molecule has 1 saturated heterocycles. The molecule has 2 fully saturated rings. The lowest BCUT2D eigenvalue weighted by Crippen LogP contribution is -2.57. The number of halogens is 1. The van der Waals surface area contributed by atoms with Crippen molar-refractivity contribution in [1.82, 2.24) is 4.90 Å². The Labute approximate surface area is 146 Å². The highest BCUT2D eigenvalue weighted by Gasteiger charge is 2.67. The smallest absolute Gasteiger partial charge is 0.313 e. The van der Waals surface area contributed by atoms with Crippen LogP contribution >= 0.6 is 11.6 Å². The Morgan fingerprint density at radius 3 is 2.75 bits per heavy atom. The van der Waals surface area contributed by atoms with Crippen molar-refractivity contribution in [3.63, 3.8) is 0 Å². The van der Waals surface area contributed by atoms with Gasteiger partial charge in [0.15, 0.2) is 11.5 Å². The van der Waals surface area contributed by atoms with Crippen LogP contribution in [0.4, 0.5) is 0 Å². The Morgan fingerprint density at radius 1 is 1.38 bits per heavy atom. The second-order valence-electron chi connectivity index (χ2n) is 7.83. The molecule has 1 aliphatic carbocycles. The average molecular weight is 352 g/mol. The SMILES string of the molecule is COC(=O)[C@@]12CN(Cc3cc4c(cc3Cl)OCO4)C[C@@H]1C(C)(C)C2. The topological polar surface area (TPSA) is 48.0 Å². The van der Waals surface area contributed by atoms with Crippen molar-refractivity contribution in [2.75, 3.05) is 27.0 Å². The van der Waals surface area contributed by atoms with Crippen molar-refractivity contribution in [2.24, 2.45) is 16.7 Å². The summed E-state index contributed by atoms with van der Waals surface area (Å²) in [6, 6.07) is 3.75. The minimum atomic E-state index is -0.360. The molecule has 1 saturated carbocycles. The molecule has 0 unspecified atom stereocenters. The summed E-state index contributed by atoms with van der Waals surface area (Å²) in [4.78, 5) is 14.7. The van der Waals surface area contributed by atoms with Crippen LogP contribution in [0.1, 0.15) is 25.8 Å². The lowest BCUT2D eigenvalue weighted by molar-refractivity contribution is -0.174. The fourth-order valence-corrected chi connectivity index (χ4v) is 5.12. The molecule has 3 aliphatic rings. The molecule has 2 aliphatic heterocycles. The normalized spacial score (nSPS) is 29.9. The molecule has 0 aromatic heterocycles. The number of fused-ring (bicyclic) bond motifs is 2. The molecule has 2 atom stereocenters. The van der Waals surface area contributed by atoms with Gasteiger partial charge in [-0.15, -0.1) is 0 Å². The van der Waals surface area contributed by atoms with E-state index in [0.29, 0.717) is 23.2 Å². The molecule has 1 aromatic carbocycles. The van der Waals surface area contributed by atoms with E-state index in [9.17, 15) is 4.79 Å². The van der Waals surface area contributed by atoms with Gasteiger partial charge >= 0.3 is 5.97 Å². The molecule has 1 aromatic rings. The summed E-state index contributed by atoms with van der Waals surface area (Å²) in [6.07, 6.45) is 0.878. The van der Waals surface area contributed by atoms with E-state index in [-0.39, 0.29) is 23.6 Å². The van der Waals surface area contributed by atoms with E-state index in [1.807, 2.05) is 12.1 Å². The van der Waals surface area contributed by atoms with Gasteiger partial charge in [-0.2, -0.15) is 0 Å². The van der Waals surface area contributed by atoms with E-state index in [2.05, 4.69) is 18.7 Å². The van der Waals surface area contributed by atoms with Gasteiger partial charge in [0, 0.05) is 30.7 Å². The van der Waals surface area contributed by atoms with Gasteiger partial charge in [0.25, 0.3) is 0 Å². The van der Waals surface area contributed by atoms with Crippen molar-refractivity contribution < 1.29 is 19.0 Å². The van der Waals surface area contributed by atoms with E-state index in [1.165, 1.54) is 7.11 Å². The molecular weight excluding hydrogens is 330 g/mol. The lowest BCUT2D eigenvalue weighted by atomic mass is 9.48. The van der Waals surface area contributed by atoms with Crippen LogP contribution in [-0.2, 0) is 16.1 Å². The van der Waals surface area contributed by atoms with Crippen molar-refractivity contribution in [1.29, 1.82) is 0 Å². The summed E-state index contributed by atoms with van der Waals surface area (Å²) >= 11 is 6.40. The van der Waals surface area contributed by atoms with Crippen molar-refractivity contribution in [2.45, 2.75) is 26.8 Å². The van der Waals surface area contributed by atoms with Crippen LogP contribution in [0.15, 0.2) is 12.1 Å². The summed E-state index contributed by atoms with van der Waals surface area (Å²) < 4.78 is 15.9. The van der Waals surface area contributed by atoms with Crippen LogP contribution in [-0.4, -0.2) is 37.9 Å². The van der Waals surface area contributed by atoms with Gasteiger partial charge in [0.2, 0.25) is 6.79 Å². The summed E-state index contributed by atoms with van der Waals surface area (Å²) in [5.41, 5.74) is 0.808. The first-order valence-corrected chi connectivity index (χ1v) is 8.62. The third-order valence-electron chi connectivity index (χ3n) is 5.86. The van der Waals surface area contributed by atoms with Gasteiger partial charge in [-0.25, -0.2) is 0 Å². The number of rotatable bonds is 3. The molecular formula is C18H22ClNO4. The maximum absolute atomic E-state index is 12.4. The zero-order valence-electron chi connectivity index (χ0n) is 14.2. The summed E-state index contributed by atoms with van der Waals surface area (Å²) in [5.74, 6) is 1.67. The number of benzene rings is 1. The van der Waals surface area contributed by atoms with Crippen LogP contribution in [0.25, 0.3) is 0 Å². The number of hydrogen-bond acceptors (Lipinski definition) is 5. The summed E-state index contributed by atoms with van der Waals surface area (Å²) in [5, 5.41) is 0.671. The van der Waals surface area contributed by atoms with E-state index in [1.54, 1.807) is 0 Å². The van der Waals surface area contributed by atoms with Gasteiger partial charge in [-0.1, -0.05) is 25.4 Å². The van der Waals surface area contributed by atoms with Gasteiger partial charge in [-0.3, -0.25) is 9.69 Å². The molecule has 4 rings (SSSR count). The van der Waals surface area contributed by atoms with E-state index in [4.69, 9.17) is 25.8 Å². The number of hydrogen-bond donors (Lipinski definition) is 0. The zero-order valence-corrected chi connectivity index (χ0v) is 15.0. The highest BCUT2D eigenvalue weighted by Crippen LogP contribution is 2.63. The Hall–Kier alpha value is -1.46. The Kier molecular flexibility index (Phi) is 3.52. The fourth-order valence-electron chi connectivity index (χ4n) is 4.91. The lowest BCUT2D eigenvalue weighted by Gasteiger charge is -2.54. The summed E-state index contributed by atoms with van der Waals surface area (Å²) in [7, 11) is 1.48. The highest BCUT2D eigenvalue weighted by atomic mass is 35.5. The van der Waals surface area contributed by atoms with E-state index < -0.39 is 0 Å². The molecule has 130 valence electrons. The van der Waals surface area contributed by atoms with E-state index in [0.717, 1.165) is 30.8 Å². The molecule has 0 radical (unpaired) electrons. The van der Waals surface area contributed by atoms with Crippen molar-refractivity contribution in [3.8, 4) is 11.5 Å². The minimum Gasteiger partial charge on any atom is -0.469 e. The minimum absolute atomic E-state index is 0.0777. The molecule has 0 bridgehead atoms. The Morgan fingerprint density at radius 2 is 2.08 bits per heavy atom. The molecule has 0 spiro atoms. The number of nitrogens with zero attached hydrogens (tertiary/aromatic N) is 1. The number of likely N-dealkylation sites (tertiary alicyclic amines) is 1. The van der Waals surface area contributed by atoms with Crippen molar-refractivity contribution in [3.05, 3.63) is 22.7 Å². The maximum atomic E-state index is 12.4. The van der Waals surface area contributed by atoms with Gasteiger partial charge in [0.05, 0.1) is 12.5 Å². The van der Waals surface area contributed by atoms with Gasteiger partial charge in [0.1, 0.15) is 0 Å². The zero-order chi connectivity index (χ0) is 17.1. The van der Waals surface area contributed by atoms with Gasteiger partial charge in [-0.05, 0) is 29.4 Å². The second-order valence-corrected chi connectivity index (χ2v) is 8.24. The van der Waals surface area contributed by atoms with Crippen LogP contribution < -0.4 is 9.47 Å². The monoisotopic (exact) mass is 351 g/mol. The maximum Gasteiger partial charge on any atom is 0.313 e. The van der Waals surface area contributed by atoms with Crippen LogP contribution in [0.3, 0.4) is 0 Å². The highest BCUT2D eigenvalue weighted by molar-refractivity contribution is 6.31. The van der Waals surface area contributed by atoms with Crippen molar-refractivity contribution >= 4 is 17.6 Å². The fraction of sp³-hybridized carbons (Fsp3) is 0.611. The molecule has 6 heteroatoms. The number of carbonyl (C=O) groups excluding carboxylic acids is 1. The molecule has 0 amide bonds. The molecule has 0 N–H and O–H groups in total. The average Bonchev–Trinajstić information content (AvgIpc) is 3.09. The van der Waals surface area contributed by atoms with Crippen LogP contribution in [0.2, 0.25) is 5.02 Å². The standard InChI is InChI=1S/C18H22ClNO4/c1-17(2)8-18(16(21)22-3)9-20(7-15(17)18)6-11-4-13-14(5-12(11)19)24-10-23-13/h4-5,15H,6-10H2,1-3H3/t15-,18+/m1/s1. The molecule has 5 nitrogen and oxygen atoms in total. The van der Waals surface area contributed by atoms with E-state index >= 15 is 0 Å². The third-order valence-corrected chi connectivity index (χ3v) is 6.21. The third kappa shape index (κ3) is 2.21. The van der Waals surface area contributed by atoms with Crippen LogP contribution in [0, 0.1) is 16.7 Å². The molecule has 24 heavy (non-hydrogen) atoms. The Balaban J connectivity index is 1.56. The predicted octanol–water partition coefficient (Wildman–Crippen LogP) is 3.09. The van der Waals surface area contributed by atoms with Gasteiger partial charge < -0.3 is 14.2 Å². The van der Waals surface area contributed by atoms with Crippen LogP contribution in [0.5, 0.6) is 11.5 Å². The number of esters is 1. The second kappa shape index (κ2) is 5.27. The quantitative estimate of drug-likeness (QED) is 0.783. The number of methoxy groups -OCH3 is 1. The molecule has 2 heterocycles. The number of carbonyl (C=O) groups is 1. The first-order chi connectivity index (χ1) is 11.4. The Bertz CT molecular complexity index is 705. The summed E-state index contributed by atoms with van der Waals surface area (Å²) in [6.45, 7) is 7.00. The first-order valence-electron chi connectivity index (χ1n) is 8.24. The first kappa shape index (κ1) is 16.0.